The van der Waals surface area contributed by atoms with Crippen molar-refractivity contribution < 1.29 is 22.7 Å². The van der Waals surface area contributed by atoms with E-state index in [-0.39, 0.29) is 17.4 Å². The van der Waals surface area contributed by atoms with Crippen LogP contribution in [0.1, 0.15) is 6.92 Å². The van der Waals surface area contributed by atoms with E-state index in [9.17, 15) is 13.2 Å². The molecule has 1 aromatic carbocycles. The third-order valence-corrected chi connectivity index (χ3v) is 5.00. The van der Waals surface area contributed by atoms with Gasteiger partial charge in [0.2, 0.25) is 10.0 Å². The molecule has 0 aliphatic rings. The minimum absolute atomic E-state index is 0.0553. The fourth-order valence-corrected chi connectivity index (χ4v) is 3.47. The first-order valence-corrected chi connectivity index (χ1v) is 8.12. The van der Waals surface area contributed by atoms with E-state index in [4.69, 9.17) is 14.6 Å². The summed E-state index contributed by atoms with van der Waals surface area (Å²) < 4.78 is 33.5. The quantitative estimate of drug-likeness (QED) is 0.843. The van der Waals surface area contributed by atoms with Gasteiger partial charge in [-0.25, -0.2) is 18.4 Å². The molecule has 6 nitrogen and oxygen atoms in total. The van der Waals surface area contributed by atoms with Crippen LogP contribution >= 0.6 is 11.3 Å². The van der Waals surface area contributed by atoms with Gasteiger partial charge in [0.05, 0.1) is 11.3 Å². The molecular formula is C12H13NO5S2. The Bertz CT molecular complexity index is 735. The number of carbonyl (C=O) groups is 1. The molecule has 0 atom stereocenters. The summed E-state index contributed by atoms with van der Waals surface area (Å²) >= 11 is 1.01. The van der Waals surface area contributed by atoms with Crippen molar-refractivity contribution in [3.63, 3.8) is 0 Å². The summed E-state index contributed by atoms with van der Waals surface area (Å²) in [6, 6.07) is 6.59. The van der Waals surface area contributed by atoms with Gasteiger partial charge in [0.15, 0.2) is 6.61 Å². The molecule has 0 aliphatic heterocycles. The van der Waals surface area contributed by atoms with Crippen molar-refractivity contribution in [2.75, 3.05) is 13.2 Å². The second kappa shape index (κ2) is 5.78. The first-order chi connectivity index (χ1) is 9.41. The molecule has 2 N–H and O–H groups in total. The van der Waals surface area contributed by atoms with E-state index >= 15 is 0 Å². The molecule has 0 spiro atoms. The van der Waals surface area contributed by atoms with Gasteiger partial charge in [-0.2, -0.15) is 0 Å². The van der Waals surface area contributed by atoms with Crippen molar-refractivity contribution in [3.05, 3.63) is 24.3 Å². The Morgan fingerprint density at radius 2 is 2.15 bits per heavy atom. The molecule has 0 aliphatic carbocycles. The lowest BCUT2D eigenvalue weighted by Crippen LogP contribution is -2.14. The Morgan fingerprint density at radius 1 is 1.40 bits per heavy atom. The van der Waals surface area contributed by atoms with Crippen molar-refractivity contribution in [1.29, 1.82) is 0 Å². The maximum absolute atomic E-state index is 11.3. The highest BCUT2D eigenvalue weighted by Gasteiger charge is 2.15. The van der Waals surface area contributed by atoms with Gasteiger partial charge >= 0.3 is 5.97 Å². The van der Waals surface area contributed by atoms with Crippen LogP contribution in [0, 0.1) is 0 Å². The Labute approximate surface area is 120 Å². The van der Waals surface area contributed by atoms with E-state index < -0.39 is 16.0 Å². The lowest BCUT2D eigenvalue weighted by Gasteiger charge is -2.06. The summed E-state index contributed by atoms with van der Waals surface area (Å²) in [5, 5.41) is 5.79. The smallest absolute Gasteiger partial charge is 0.344 e. The van der Waals surface area contributed by atoms with E-state index in [1.807, 2.05) is 0 Å². The van der Waals surface area contributed by atoms with Crippen LogP contribution in [0.5, 0.6) is 5.75 Å². The van der Waals surface area contributed by atoms with Crippen LogP contribution in [0.15, 0.2) is 28.5 Å². The topological polar surface area (TPSA) is 95.7 Å². The number of fused-ring (bicyclic) bond motifs is 1. The zero-order chi connectivity index (χ0) is 14.8. The highest BCUT2D eigenvalue weighted by Crippen LogP contribution is 2.35. The van der Waals surface area contributed by atoms with Gasteiger partial charge in [0.1, 0.15) is 9.96 Å². The molecule has 0 bridgehead atoms. The molecular weight excluding hydrogens is 302 g/mol. The lowest BCUT2D eigenvalue weighted by atomic mass is 10.2. The van der Waals surface area contributed by atoms with Gasteiger partial charge in [0.25, 0.3) is 0 Å². The normalized spacial score (nSPS) is 11.5. The Kier molecular flexibility index (Phi) is 4.26. The fourth-order valence-electron chi connectivity index (χ4n) is 1.61. The van der Waals surface area contributed by atoms with Crippen LogP contribution in [0.4, 0.5) is 0 Å². The van der Waals surface area contributed by atoms with E-state index in [1.54, 1.807) is 25.1 Å². The third-order valence-electron chi connectivity index (χ3n) is 2.42. The molecule has 0 radical (unpaired) electrons. The second-order valence-electron chi connectivity index (χ2n) is 3.88. The van der Waals surface area contributed by atoms with Crippen LogP contribution in [-0.2, 0) is 19.6 Å². The van der Waals surface area contributed by atoms with Crippen LogP contribution in [0.25, 0.3) is 10.1 Å². The zero-order valence-corrected chi connectivity index (χ0v) is 12.3. The molecule has 0 saturated heterocycles. The van der Waals surface area contributed by atoms with Crippen molar-refractivity contribution in [1.82, 2.24) is 0 Å². The maximum atomic E-state index is 11.3. The standard InChI is InChI=1S/C12H13NO5S2/c1-2-17-10(14)7-18-9-5-3-4-8-6-11(19-12(8)9)20(13,15)16/h3-6H,2,7H2,1H3,(H2,13,15,16). The number of esters is 1. The lowest BCUT2D eigenvalue weighted by molar-refractivity contribution is -0.145. The minimum atomic E-state index is -3.75. The summed E-state index contributed by atoms with van der Waals surface area (Å²) in [6.07, 6.45) is 0. The molecule has 0 unspecified atom stereocenters. The first-order valence-electron chi connectivity index (χ1n) is 5.75. The Hall–Kier alpha value is -1.64. The van der Waals surface area contributed by atoms with E-state index in [0.29, 0.717) is 15.8 Å². The third kappa shape index (κ3) is 3.27. The SMILES string of the molecule is CCOC(=O)COc1cccc2cc(S(N)(=O)=O)sc12. The number of hydrogen-bond acceptors (Lipinski definition) is 6. The predicted molar refractivity (Wildman–Crippen MR) is 75.3 cm³/mol. The Balaban J connectivity index is 2.30. The molecule has 108 valence electrons. The molecule has 0 amide bonds. The van der Waals surface area contributed by atoms with E-state index in [0.717, 1.165) is 11.3 Å². The average Bonchev–Trinajstić information content (AvgIpc) is 2.81. The highest BCUT2D eigenvalue weighted by atomic mass is 32.2. The molecule has 0 saturated carbocycles. The molecule has 2 aromatic rings. The summed E-state index contributed by atoms with van der Waals surface area (Å²) in [6.45, 7) is 1.76. The molecule has 1 heterocycles. The second-order valence-corrected chi connectivity index (χ2v) is 6.72. The largest absolute Gasteiger partial charge is 0.480 e. The van der Waals surface area contributed by atoms with Gasteiger partial charge in [-0.3, -0.25) is 0 Å². The minimum Gasteiger partial charge on any atom is -0.480 e. The average molecular weight is 315 g/mol. The van der Waals surface area contributed by atoms with Gasteiger partial charge in [-0.1, -0.05) is 12.1 Å². The predicted octanol–water partition coefficient (Wildman–Crippen LogP) is 1.49. The number of sulfonamides is 1. The Morgan fingerprint density at radius 3 is 2.80 bits per heavy atom. The molecule has 0 fully saturated rings. The molecule has 1 aromatic heterocycles. The number of thiophene rings is 1. The number of ether oxygens (including phenoxy) is 2. The van der Waals surface area contributed by atoms with Crippen molar-refractivity contribution >= 4 is 37.4 Å². The van der Waals surface area contributed by atoms with Crippen LogP contribution in [0.3, 0.4) is 0 Å². The van der Waals surface area contributed by atoms with Crippen LogP contribution in [0.2, 0.25) is 0 Å². The number of nitrogens with two attached hydrogens (primary N) is 1. The van der Waals surface area contributed by atoms with Crippen LogP contribution < -0.4 is 9.88 Å². The number of carbonyl (C=O) groups excluding carboxylic acids is 1. The van der Waals surface area contributed by atoms with E-state index in [1.165, 1.54) is 6.07 Å². The molecule has 20 heavy (non-hydrogen) atoms. The fraction of sp³-hybridized carbons (Fsp3) is 0.250. The van der Waals surface area contributed by atoms with Gasteiger partial charge < -0.3 is 9.47 Å². The van der Waals surface area contributed by atoms with Crippen LogP contribution in [-0.4, -0.2) is 27.6 Å². The number of rotatable bonds is 5. The summed E-state index contributed by atoms with van der Waals surface area (Å²) in [4.78, 5) is 11.3. The van der Waals surface area contributed by atoms with Crippen molar-refractivity contribution in [3.8, 4) is 5.75 Å². The first kappa shape index (κ1) is 14.8. The van der Waals surface area contributed by atoms with Gasteiger partial charge in [-0.05, 0) is 24.4 Å². The van der Waals surface area contributed by atoms with Crippen molar-refractivity contribution in [2.45, 2.75) is 11.1 Å². The summed E-state index contributed by atoms with van der Waals surface area (Å²) in [7, 11) is -3.75. The highest BCUT2D eigenvalue weighted by molar-refractivity contribution is 7.91. The molecule has 8 heteroatoms. The zero-order valence-electron chi connectivity index (χ0n) is 10.7. The summed E-state index contributed by atoms with van der Waals surface area (Å²) in [5.41, 5.74) is 0. The number of hydrogen-bond donors (Lipinski definition) is 1. The van der Waals surface area contributed by atoms with E-state index in [2.05, 4.69) is 0 Å². The monoisotopic (exact) mass is 315 g/mol. The van der Waals surface area contributed by atoms with Gasteiger partial charge in [0, 0.05) is 0 Å². The maximum Gasteiger partial charge on any atom is 0.344 e. The van der Waals surface area contributed by atoms with Gasteiger partial charge in [-0.15, -0.1) is 11.3 Å². The molecule has 2 rings (SSSR count). The van der Waals surface area contributed by atoms with Crippen molar-refractivity contribution in [2.24, 2.45) is 5.14 Å². The number of primary sulfonamides is 1. The number of benzene rings is 1. The summed E-state index contributed by atoms with van der Waals surface area (Å²) in [5.74, 6) is -0.0526.